The third kappa shape index (κ3) is 2.42. The molecule has 0 radical (unpaired) electrons. The summed E-state index contributed by atoms with van der Waals surface area (Å²) in [7, 11) is 0. The molecular formula is C11H10FNOS2. The first-order valence-electron chi connectivity index (χ1n) is 4.72. The van der Waals surface area contributed by atoms with E-state index in [0.717, 1.165) is 4.34 Å². The molecule has 1 aromatic carbocycles. The van der Waals surface area contributed by atoms with E-state index in [4.69, 9.17) is 0 Å². The maximum absolute atomic E-state index is 13.5. The molecule has 5 heteroatoms. The number of rotatable bonds is 3. The van der Waals surface area contributed by atoms with E-state index >= 15 is 0 Å². The van der Waals surface area contributed by atoms with Crippen molar-refractivity contribution in [3.05, 3.63) is 41.2 Å². The number of aromatic nitrogens is 1. The molecule has 0 saturated carbocycles. The fourth-order valence-corrected chi connectivity index (χ4v) is 3.18. The number of aliphatic hydroxyl groups excluding tert-OH is 1. The molecule has 1 atom stereocenters. The molecule has 0 aliphatic rings. The lowest BCUT2D eigenvalue weighted by molar-refractivity contribution is 0.191. The lowest BCUT2D eigenvalue weighted by Gasteiger charge is -2.11. The molecule has 1 heterocycles. The number of hydrogen-bond donors (Lipinski definition) is 1. The lowest BCUT2D eigenvalue weighted by atomic mass is 10.1. The van der Waals surface area contributed by atoms with Gasteiger partial charge in [0.25, 0.3) is 0 Å². The Kier molecular flexibility index (Phi) is 3.58. The number of thiazole rings is 1. The summed E-state index contributed by atoms with van der Waals surface area (Å²) in [6, 6.07) is 4.78. The van der Waals surface area contributed by atoms with Crippen molar-refractivity contribution in [2.75, 3.05) is 0 Å². The van der Waals surface area contributed by atoms with Crippen LogP contribution in [-0.4, -0.2) is 10.1 Å². The molecule has 2 aromatic rings. The van der Waals surface area contributed by atoms with Crippen LogP contribution < -0.4 is 0 Å². The van der Waals surface area contributed by atoms with E-state index in [0.29, 0.717) is 10.5 Å². The first kappa shape index (κ1) is 11.6. The average Bonchev–Trinajstić information content (AvgIpc) is 2.70. The monoisotopic (exact) mass is 255 g/mol. The van der Waals surface area contributed by atoms with Crippen molar-refractivity contribution in [3.8, 4) is 0 Å². The Balaban J connectivity index is 2.37. The van der Waals surface area contributed by atoms with Crippen molar-refractivity contribution in [2.24, 2.45) is 0 Å². The molecule has 0 saturated heterocycles. The maximum Gasteiger partial charge on any atom is 0.154 e. The predicted molar refractivity (Wildman–Crippen MR) is 63.3 cm³/mol. The van der Waals surface area contributed by atoms with Crippen LogP contribution in [0, 0.1) is 5.82 Å². The molecule has 1 N–H and O–H groups in total. The Labute approximate surface area is 101 Å². The Morgan fingerprint density at radius 2 is 2.31 bits per heavy atom. The van der Waals surface area contributed by atoms with Crippen molar-refractivity contribution in [1.82, 2.24) is 4.98 Å². The van der Waals surface area contributed by atoms with Crippen LogP contribution in [0.25, 0.3) is 0 Å². The average molecular weight is 255 g/mol. The number of aliphatic hydroxyl groups is 1. The second-order valence-electron chi connectivity index (χ2n) is 3.23. The largest absolute Gasteiger partial charge is 0.389 e. The minimum Gasteiger partial charge on any atom is -0.389 e. The molecule has 0 amide bonds. The van der Waals surface area contributed by atoms with Gasteiger partial charge in [-0.05, 0) is 19.1 Å². The van der Waals surface area contributed by atoms with Crippen molar-refractivity contribution < 1.29 is 9.50 Å². The van der Waals surface area contributed by atoms with Gasteiger partial charge in [0.15, 0.2) is 4.34 Å². The first-order chi connectivity index (χ1) is 7.68. The SMILES string of the molecule is CC(O)c1c(F)cccc1Sc1nccs1. The highest BCUT2D eigenvalue weighted by Gasteiger charge is 2.14. The van der Waals surface area contributed by atoms with Crippen molar-refractivity contribution in [3.63, 3.8) is 0 Å². The molecule has 0 fully saturated rings. The van der Waals surface area contributed by atoms with Crippen LogP contribution in [-0.2, 0) is 0 Å². The van der Waals surface area contributed by atoms with Gasteiger partial charge < -0.3 is 5.11 Å². The van der Waals surface area contributed by atoms with Crippen LogP contribution in [0.2, 0.25) is 0 Å². The molecule has 0 bridgehead atoms. The first-order valence-corrected chi connectivity index (χ1v) is 6.42. The van der Waals surface area contributed by atoms with E-state index < -0.39 is 6.10 Å². The van der Waals surface area contributed by atoms with E-state index in [1.54, 1.807) is 25.3 Å². The molecule has 1 unspecified atom stereocenters. The summed E-state index contributed by atoms with van der Waals surface area (Å²) >= 11 is 2.86. The highest BCUT2D eigenvalue weighted by atomic mass is 32.2. The van der Waals surface area contributed by atoms with Crippen LogP contribution in [0.4, 0.5) is 4.39 Å². The number of halogens is 1. The highest BCUT2D eigenvalue weighted by Crippen LogP contribution is 2.35. The Bertz CT molecular complexity index is 471. The Hall–Kier alpha value is -0.910. The molecule has 2 rings (SSSR count). The fourth-order valence-electron chi connectivity index (χ4n) is 1.37. The Morgan fingerprint density at radius 3 is 2.94 bits per heavy atom. The van der Waals surface area contributed by atoms with Crippen LogP contribution >= 0.6 is 23.1 Å². The van der Waals surface area contributed by atoms with Gasteiger partial charge in [-0.3, -0.25) is 0 Å². The smallest absolute Gasteiger partial charge is 0.154 e. The molecule has 16 heavy (non-hydrogen) atoms. The summed E-state index contributed by atoms with van der Waals surface area (Å²) in [4.78, 5) is 4.83. The van der Waals surface area contributed by atoms with Gasteiger partial charge in [0.05, 0.1) is 6.10 Å². The van der Waals surface area contributed by atoms with Gasteiger partial charge in [0, 0.05) is 22.0 Å². The van der Waals surface area contributed by atoms with E-state index in [2.05, 4.69) is 4.98 Å². The van der Waals surface area contributed by atoms with Gasteiger partial charge in [-0.15, -0.1) is 11.3 Å². The molecular weight excluding hydrogens is 245 g/mol. The van der Waals surface area contributed by atoms with Gasteiger partial charge in [0.2, 0.25) is 0 Å². The van der Waals surface area contributed by atoms with Gasteiger partial charge in [-0.25, -0.2) is 9.37 Å². The third-order valence-electron chi connectivity index (χ3n) is 2.04. The summed E-state index contributed by atoms with van der Waals surface area (Å²) in [5.74, 6) is -0.378. The summed E-state index contributed by atoms with van der Waals surface area (Å²) < 4.78 is 14.4. The minimum absolute atomic E-state index is 0.336. The molecule has 0 spiro atoms. The van der Waals surface area contributed by atoms with Crippen LogP contribution in [0.3, 0.4) is 0 Å². The van der Waals surface area contributed by atoms with E-state index in [9.17, 15) is 9.50 Å². The van der Waals surface area contributed by atoms with Gasteiger partial charge in [0.1, 0.15) is 5.82 Å². The zero-order chi connectivity index (χ0) is 11.5. The number of hydrogen-bond acceptors (Lipinski definition) is 4. The van der Waals surface area contributed by atoms with Crippen LogP contribution in [0.5, 0.6) is 0 Å². The fraction of sp³-hybridized carbons (Fsp3) is 0.182. The zero-order valence-electron chi connectivity index (χ0n) is 8.55. The normalized spacial score (nSPS) is 12.7. The molecule has 0 aliphatic carbocycles. The van der Waals surface area contributed by atoms with Crippen molar-refractivity contribution >= 4 is 23.1 Å². The van der Waals surface area contributed by atoms with E-state index in [1.165, 1.54) is 29.2 Å². The van der Waals surface area contributed by atoms with Crippen LogP contribution in [0.1, 0.15) is 18.6 Å². The van der Waals surface area contributed by atoms with Crippen molar-refractivity contribution in [2.45, 2.75) is 22.3 Å². The van der Waals surface area contributed by atoms with Crippen molar-refractivity contribution in [1.29, 1.82) is 0 Å². The number of benzene rings is 1. The minimum atomic E-state index is -0.816. The van der Waals surface area contributed by atoms with Gasteiger partial charge in [-0.2, -0.15) is 0 Å². The quantitative estimate of drug-likeness (QED) is 0.911. The molecule has 1 aromatic heterocycles. The predicted octanol–water partition coefficient (Wildman–Crippen LogP) is 3.49. The second-order valence-corrected chi connectivity index (χ2v) is 5.41. The zero-order valence-corrected chi connectivity index (χ0v) is 10.2. The Morgan fingerprint density at radius 1 is 1.50 bits per heavy atom. The van der Waals surface area contributed by atoms with E-state index in [-0.39, 0.29) is 5.82 Å². The van der Waals surface area contributed by atoms with Gasteiger partial charge in [-0.1, -0.05) is 17.8 Å². The molecule has 0 aliphatic heterocycles. The lowest BCUT2D eigenvalue weighted by Crippen LogP contribution is -1.98. The molecule has 84 valence electrons. The summed E-state index contributed by atoms with van der Waals surface area (Å²) in [6.45, 7) is 1.56. The summed E-state index contributed by atoms with van der Waals surface area (Å²) in [5, 5.41) is 11.4. The number of nitrogens with zero attached hydrogens (tertiary/aromatic N) is 1. The van der Waals surface area contributed by atoms with Gasteiger partial charge >= 0.3 is 0 Å². The summed E-state index contributed by atoms with van der Waals surface area (Å²) in [5.41, 5.74) is 0.336. The molecule has 2 nitrogen and oxygen atoms in total. The van der Waals surface area contributed by atoms with Crippen LogP contribution in [0.15, 0.2) is 39.0 Å². The second kappa shape index (κ2) is 4.95. The maximum atomic E-state index is 13.5. The summed E-state index contributed by atoms with van der Waals surface area (Å²) in [6.07, 6.45) is 0.887. The highest BCUT2D eigenvalue weighted by molar-refractivity contribution is 8.01. The third-order valence-corrected chi connectivity index (χ3v) is 4.00. The topological polar surface area (TPSA) is 33.1 Å². The van der Waals surface area contributed by atoms with E-state index in [1.807, 2.05) is 5.38 Å². The standard InChI is InChI=1S/C11H10FNOS2/c1-7(14)10-8(12)3-2-4-9(10)16-11-13-5-6-15-11/h2-7,14H,1H3.